The fraction of sp³-hybridized carbons (Fsp3) is 0.350. The monoisotopic (exact) mass is 364 g/mol. The van der Waals surface area contributed by atoms with E-state index in [1.54, 1.807) is 7.11 Å². The maximum atomic E-state index is 5.57. The number of nitrogens with one attached hydrogen (secondary N) is 2. The molecule has 0 amide bonds. The average molecular weight is 364 g/mol. The molecule has 0 spiro atoms. The largest absolute Gasteiger partial charge is 0.496 e. The summed E-state index contributed by atoms with van der Waals surface area (Å²) >= 11 is 0. The van der Waals surface area contributed by atoms with Crippen molar-refractivity contribution in [1.82, 2.24) is 19.9 Å². The van der Waals surface area contributed by atoms with Gasteiger partial charge in [-0.1, -0.05) is 0 Å². The van der Waals surface area contributed by atoms with Gasteiger partial charge in [-0.3, -0.25) is 0 Å². The molecule has 7 heteroatoms. The fourth-order valence-corrected chi connectivity index (χ4v) is 3.36. The van der Waals surface area contributed by atoms with Gasteiger partial charge in [0.1, 0.15) is 17.4 Å². The molecule has 2 aromatic heterocycles. The number of nitrogens with zero attached hydrogens (tertiary/aromatic N) is 4. The van der Waals surface area contributed by atoms with Gasteiger partial charge >= 0.3 is 0 Å². The number of ether oxygens (including phenoxy) is 1. The first-order chi connectivity index (χ1) is 13.1. The van der Waals surface area contributed by atoms with Crippen molar-refractivity contribution in [2.24, 2.45) is 0 Å². The highest BCUT2D eigenvalue weighted by atomic mass is 16.5. The zero-order valence-corrected chi connectivity index (χ0v) is 15.9. The molecule has 0 atom stereocenters. The zero-order chi connectivity index (χ0) is 18.8. The molecule has 1 aliphatic heterocycles. The van der Waals surface area contributed by atoms with Crippen LogP contribution in [0.2, 0.25) is 0 Å². The minimum Gasteiger partial charge on any atom is -0.496 e. The van der Waals surface area contributed by atoms with Gasteiger partial charge < -0.3 is 19.9 Å². The normalized spacial score (nSPS) is 13.8. The molecule has 0 aliphatic carbocycles. The van der Waals surface area contributed by atoms with E-state index in [1.165, 1.54) is 12.8 Å². The van der Waals surface area contributed by atoms with Gasteiger partial charge in [-0.15, -0.1) is 0 Å². The third-order valence-corrected chi connectivity index (χ3v) is 4.69. The van der Waals surface area contributed by atoms with Crippen LogP contribution in [0.25, 0.3) is 11.4 Å². The summed E-state index contributed by atoms with van der Waals surface area (Å²) in [4.78, 5) is 19.2. The number of H-pyrrole nitrogens is 1. The molecule has 1 aliphatic rings. The van der Waals surface area contributed by atoms with Crippen LogP contribution in [0, 0.1) is 13.8 Å². The topological polar surface area (TPSA) is 79.0 Å². The van der Waals surface area contributed by atoms with Gasteiger partial charge in [0.2, 0.25) is 5.95 Å². The Kier molecular flexibility index (Phi) is 4.66. The number of rotatable bonds is 5. The summed E-state index contributed by atoms with van der Waals surface area (Å²) in [5, 5.41) is 3.31. The lowest BCUT2D eigenvalue weighted by Crippen LogP contribution is -2.19. The maximum Gasteiger partial charge on any atom is 0.229 e. The van der Waals surface area contributed by atoms with Crippen LogP contribution < -0.4 is 15.0 Å². The molecule has 3 heterocycles. The van der Waals surface area contributed by atoms with Gasteiger partial charge in [-0.25, -0.2) is 9.97 Å². The molecule has 7 nitrogen and oxygen atoms in total. The number of hydrogen-bond donors (Lipinski definition) is 2. The lowest BCUT2D eigenvalue weighted by molar-refractivity contribution is 0.416. The Bertz CT molecular complexity index is 945. The number of aromatic nitrogens is 4. The smallest absolute Gasteiger partial charge is 0.229 e. The third kappa shape index (κ3) is 3.72. The second-order valence-corrected chi connectivity index (χ2v) is 6.82. The highest BCUT2D eigenvalue weighted by Gasteiger charge is 2.16. The summed E-state index contributed by atoms with van der Waals surface area (Å²) in [6, 6.07) is 7.95. The molecule has 2 N–H and O–H groups in total. The number of anilines is 3. The molecule has 4 rings (SSSR count). The Hall–Kier alpha value is -3.09. The molecule has 140 valence electrons. The summed E-state index contributed by atoms with van der Waals surface area (Å²) < 4.78 is 5.57. The molecule has 0 radical (unpaired) electrons. The Morgan fingerprint density at radius 1 is 1.04 bits per heavy atom. The summed E-state index contributed by atoms with van der Waals surface area (Å²) in [7, 11) is 1.66. The highest BCUT2D eigenvalue weighted by Crippen LogP contribution is 2.31. The third-order valence-electron chi connectivity index (χ3n) is 4.69. The van der Waals surface area contributed by atoms with Gasteiger partial charge in [0.25, 0.3) is 0 Å². The van der Waals surface area contributed by atoms with Gasteiger partial charge in [-0.05, 0) is 38.8 Å². The molecular formula is C20H24N6O. The van der Waals surface area contributed by atoms with Crippen molar-refractivity contribution >= 4 is 17.5 Å². The van der Waals surface area contributed by atoms with E-state index in [0.29, 0.717) is 5.95 Å². The highest BCUT2D eigenvalue weighted by molar-refractivity contribution is 5.70. The molecular weight excluding hydrogens is 340 g/mol. The van der Waals surface area contributed by atoms with Crippen LogP contribution in [-0.4, -0.2) is 40.1 Å². The molecule has 3 aromatic rings. The number of benzene rings is 1. The second-order valence-electron chi connectivity index (χ2n) is 6.82. The lowest BCUT2D eigenvalue weighted by Gasteiger charge is -2.18. The van der Waals surface area contributed by atoms with E-state index in [4.69, 9.17) is 9.72 Å². The molecule has 1 aromatic carbocycles. The standard InChI is InChI=1S/C20H24N6O/c1-13-10-18(26-8-4-5-9-26)25-20(23-13)24-15-6-7-16(17(11-15)27-3)19-21-12-14(2)22-19/h6-7,10-12H,4-5,8-9H2,1-3H3,(H,21,22)(H,23,24,25). The molecule has 27 heavy (non-hydrogen) atoms. The van der Waals surface area contributed by atoms with Crippen LogP contribution in [0.15, 0.2) is 30.5 Å². The summed E-state index contributed by atoms with van der Waals surface area (Å²) in [6.45, 7) is 6.06. The maximum absolute atomic E-state index is 5.57. The van der Waals surface area contributed by atoms with Gasteiger partial charge in [0, 0.05) is 42.8 Å². The summed E-state index contributed by atoms with van der Waals surface area (Å²) in [5.74, 6) is 3.11. The van der Waals surface area contributed by atoms with Crippen LogP contribution >= 0.6 is 0 Å². The minimum atomic E-state index is 0.598. The van der Waals surface area contributed by atoms with Crippen molar-refractivity contribution in [3.8, 4) is 17.1 Å². The lowest BCUT2D eigenvalue weighted by atomic mass is 10.1. The molecule has 1 fully saturated rings. The first-order valence-corrected chi connectivity index (χ1v) is 9.20. The fourth-order valence-electron chi connectivity index (χ4n) is 3.36. The van der Waals surface area contributed by atoms with Gasteiger partial charge in [0.05, 0.1) is 18.4 Å². The van der Waals surface area contributed by atoms with E-state index in [1.807, 2.05) is 44.3 Å². The predicted molar refractivity (Wildman–Crippen MR) is 107 cm³/mol. The first kappa shape index (κ1) is 17.3. The second kappa shape index (κ2) is 7.26. The Morgan fingerprint density at radius 2 is 1.85 bits per heavy atom. The summed E-state index contributed by atoms with van der Waals surface area (Å²) in [5.41, 5.74) is 3.68. The van der Waals surface area contributed by atoms with Crippen LogP contribution in [0.4, 0.5) is 17.5 Å². The zero-order valence-electron chi connectivity index (χ0n) is 15.9. The van der Waals surface area contributed by atoms with Gasteiger partial charge in [-0.2, -0.15) is 4.98 Å². The molecule has 0 unspecified atom stereocenters. The van der Waals surface area contributed by atoms with E-state index >= 15 is 0 Å². The van der Waals surface area contributed by atoms with Crippen molar-refractivity contribution in [2.75, 3.05) is 30.4 Å². The van der Waals surface area contributed by atoms with Crippen LogP contribution in [0.5, 0.6) is 5.75 Å². The van der Waals surface area contributed by atoms with Crippen molar-refractivity contribution in [1.29, 1.82) is 0 Å². The Balaban J connectivity index is 1.61. The number of aryl methyl sites for hydroxylation is 2. The minimum absolute atomic E-state index is 0.598. The van der Waals surface area contributed by atoms with E-state index in [-0.39, 0.29) is 0 Å². The Labute approximate surface area is 158 Å². The van der Waals surface area contributed by atoms with E-state index in [2.05, 4.69) is 25.2 Å². The average Bonchev–Trinajstić information content (AvgIpc) is 3.33. The molecule has 0 bridgehead atoms. The molecule has 1 saturated heterocycles. The van der Waals surface area contributed by atoms with E-state index in [9.17, 15) is 0 Å². The van der Waals surface area contributed by atoms with Crippen LogP contribution in [0.1, 0.15) is 24.2 Å². The number of imidazole rings is 1. The van der Waals surface area contributed by atoms with E-state index < -0.39 is 0 Å². The number of aromatic amines is 1. The van der Waals surface area contributed by atoms with Crippen molar-refractivity contribution in [3.05, 3.63) is 41.9 Å². The molecule has 0 saturated carbocycles. The van der Waals surface area contributed by atoms with Crippen molar-refractivity contribution in [2.45, 2.75) is 26.7 Å². The van der Waals surface area contributed by atoms with Crippen LogP contribution in [0.3, 0.4) is 0 Å². The van der Waals surface area contributed by atoms with E-state index in [0.717, 1.165) is 53.1 Å². The summed E-state index contributed by atoms with van der Waals surface area (Å²) in [6.07, 6.45) is 4.31. The van der Waals surface area contributed by atoms with Gasteiger partial charge in [0.15, 0.2) is 0 Å². The van der Waals surface area contributed by atoms with Crippen molar-refractivity contribution < 1.29 is 4.74 Å². The number of hydrogen-bond acceptors (Lipinski definition) is 6. The predicted octanol–water partition coefficient (Wildman–Crippen LogP) is 3.84. The van der Waals surface area contributed by atoms with Crippen LogP contribution in [-0.2, 0) is 0 Å². The first-order valence-electron chi connectivity index (χ1n) is 9.20. The Morgan fingerprint density at radius 3 is 2.56 bits per heavy atom. The number of methoxy groups -OCH3 is 1. The van der Waals surface area contributed by atoms with Crippen molar-refractivity contribution in [3.63, 3.8) is 0 Å². The quantitative estimate of drug-likeness (QED) is 0.716. The SMILES string of the molecule is COc1cc(Nc2nc(C)cc(N3CCCC3)n2)ccc1-c1nc(C)c[nH]1.